The molecule has 0 amide bonds. The minimum Gasteiger partial charge on any atom is -0.465 e. The highest BCUT2D eigenvalue weighted by Crippen LogP contribution is 2.27. The molecule has 22 heavy (non-hydrogen) atoms. The molecule has 2 rings (SSSR count). The van der Waals surface area contributed by atoms with E-state index in [1.165, 1.54) is 19.2 Å². The van der Waals surface area contributed by atoms with E-state index in [1.54, 1.807) is 12.1 Å². The van der Waals surface area contributed by atoms with Crippen molar-refractivity contribution in [1.29, 1.82) is 0 Å². The second-order valence-corrected chi connectivity index (χ2v) is 6.82. The number of carbonyl (C=O) groups excluding carboxylic acids is 1. The number of hydrogen-bond donors (Lipinski definition) is 2. The first-order chi connectivity index (χ1) is 9.99. The van der Waals surface area contributed by atoms with Gasteiger partial charge in [0.25, 0.3) is 0 Å². The summed E-state index contributed by atoms with van der Waals surface area (Å²) in [6.45, 7) is 0.450. The Morgan fingerprint density at radius 1 is 1.36 bits per heavy atom. The quantitative estimate of drug-likeness (QED) is 0.781. The summed E-state index contributed by atoms with van der Waals surface area (Å²) in [6, 6.07) is 5.85. The van der Waals surface area contributed by atoms with Crippen LogP contribution in [0.5, 0.6) is 0 Å². The van der Waals surface area contributed by atoms with Gasteiger partial charge in [-0.1, -0.05) is 18.6 Å². The van der Waals surface area contributed by atoms with Gasteiger partial charge in [-0.2, -0.15) is 0 Å². The zero-order valence-electron chi connectivity index (χ0n) is 12.3. The van der Waals surface area contributed by atoms with Crippen LogP contribution >= 0.6 is 12.4 Å². The zero-order valence-corrected chi connectivity index (χ0v) is 14.0. The van der Waals surface area contributed by atoms with E-state index < -0.39 is 16.0 Å². The van der Waals surface area contributed by atoms with E-state index in [-0.39, 0.29) is 34.8 Å². The van der Waals surface area contributed by atoms with Crippen LogP contribution in [-0.4, -0.2) is 34.1 Å². The number of hydrogen-bond acceptors (Lipinski definition) is 5. The fraction of sp³-hybridized carbons (Fsp3) is 0.500. The first-order valence-corrected chi connectivity index (χ1v) is 8.37. The fourth-order valence-corrected chi connectivity index (χ4v) is 4.25. The average Bonchev–Trinajstić information content (AvgIpc) is 2.92. The van der Waals surface area contributed by atoms with Gasteiger partial charge in [-0.15, -0.1) is 12.4 Å². The maximum Gasteiger partial charge on any atom is 0.339 e. The van der Waals surface area contributed by atoms with Gasteiger partial charge in [0.05, 0.1) is 17.6 Å². The van der Waals surface area contributed by atoms with Crippen LogP contribution in [0.1, 0.15) is 29.6 Å². The molecule has 0 saturated heterocycles. The van der Waals surface area contributed by atoms with Gasteiger partial charge in [-0.05, 0) is 37.4 Å². The molecule has 1 aliphatic rings. The summed E-state index contributed by atoms with van der Waals surface area (Å²) in [5, 5.41) is 0. The standard InChI is InChI=1S/C14H20N2O4S.ClH/c1-20-14(17)11-6-2-3-8-13(11)21(18,19)16-12-7-4-5-10(12)9-15;/h2-3,6,8,10,12,16H,4-5,7,9,15H2,1H3;1H. The number of benzene rings is 1. The molecule has 1 aliphatic carbocycles. The average molecular weight is 349 g/mol. The van der Waals surface area contributed by atoms with Gasteiger partial charge in [0.1, 0.15) is 0 Å². The number of ether oxygens (including phenoxy) is 1. The minimum atomic E-state index is -3.78. The number of rotatable bonds is 5. The number of nitrogens with one attached hydrogen (secondary N) is 1. The Morgan fingerprint density at radius 3 is 2.68 bits per heavy atom. The topological polar surface area (TPSA) is 98.5 Å². The van der Waals surface area contributed by atoms with Crippen LogP contribution in [0.2, 0.25) is 0 Å². The lowest BCUT2D eigenvalue weighted by atomic mass is 10.1. The molecule has 8 heteroatoms. The maximum absolute atomic E-state index is 12.5. The van der Waals surface area contributed by atoms with E-state index in [2.05, 4.69) is 9.46 Å². The fourth-order valence-electron chi connectivity index (χ4n) is 2.72. The van der Waals surface area contributed by atoms with E-state index in [0.29, 0.717) is 6.54 Å². The highest BCUT2D eigenvalue weighted by atomic mass is 35.5. The Balaban J connectivity index is 0.00000242. The van der Waals surface area contributed by atoms with Gasteiger partial charge < -0.3 is 10.5 Å². The molecule has 0 spiro atoms. The number of carbonyl (C=O) groups is 1. The van der Waals surface area contributed by atoms with E-state index >= 15 is 0 Å². The van der Waals surface area contributed by atoms with Gasteiger partial charge in [-0.25, -0.2) is 17.9 Å². The summed E-state index contributed by atoms with van der Waals surface area (Å²) in [4.78, 5) is 11.6. The van der Waals surface area contributed by atoms with Crippen LogP contribution in [0.15, 0.2) is 29.2 Å². The second kappa shape index (κ2) is 7.92. The number of sulfonamides is 1. The normalized spacial score (nSPS) is 21.2. The van der Waals surface area contributed by atoms with Crippen LogP contribution in [0.25, 0.3) is 0 Å². The first-order valence-electron chi connectivity index (χ1n) is 6.89. The Bertz CT molecular complexity index is 621. The van der Waals surface area contributed by atoms with Crippen molar-refractivity contribution in [3.63, 3.8) is 0 Å². The minimum absolute atomic E-state index is 0. The van der Waals surface area contributed by atoms with E-state index in [4.69, 9.17) is 5.73 Å². The van der Waals surface area contributed by atoms with Crippen LogP contribution < -0.4 is 10.5 Å². The van der Waals surface area contributed by atoms with Crippen molar-refractivity contribution in [1.82, 2.24) is 4.72 Å². The van der Waals surface area contributed by atoms with Crippen LogP contribution in [0, 0.1) is 5.92 Å². The van der Waals surface area contributed by atoms with Crippen LogP contribution in [0.3, 0.4) is 0 Å². The largest absolute Gasteiger partial charge is 0.465 e. The van der Waals surface area contributed by atoms with Crippen LogP contribution in [0.4, 0.5) is 0 Å². The molecule has 2 unspecified atom stereocenters. The van der Waals surface area contributed by atoms with Gasteiger partial charge >= 0.3 is 5.97 Å². The lowest BCUT2D eigenvalue weighted by Crippen LogP contribution is -2.40. The molecule has 0 aromatic heterocycles. The van der Waals surface area contributed by atoms with Crippen LogP contribution in [-0.2, 0) is 14.8 Å². The molecule has 0 bridgehead atoms. The highest BCUT2D eigenvalue weighted by Gasteiger charge is 2.32. The summed E-state index contributed by atoms with van der Waals surface area (Å²) in [7, 11) is -2.56. The lowest BCUT2D eigenvalue weighted by molar-refractivity contribution is 0.0596. The van der Waals surface area contributed by atoms with Crippen molar-refractivity contribution in [2.45, 2.75) is 30.2 Å². The van der Waals surface area contributed by atoms with E-state index in [0.717, 1.165) is 19.3 Å². The third-order valence-corrected chi connectivity index (χ3v) is 5.40. The van der Waals surface area contributed by atoms with Gasteiger partial charge in [0.2, 0.25) is 10.0 Å². The zero-order chi connectivity index (χ0) is 15.5. The van der Waals surface area contributed by atoms with Crippen molar-refractivity contribution < 1.29 is 17.9 Å². The predicted octanol–water partition coefficient (Wildman–Crippen LogP) is 1.30. The van der Waals surface area contributed by atoms with Crippen molar-refractivity contribution in [3.05, 3.63) is 29.8 Å². The number of methoxy groups -OCH3 is 1. The molecule has 1 aromatic carbocycles. The summed E-state index contributed by atoms with van der Waals surface area (Å²) >= 11 is 0. The SMILES string of the molecule is COC(=O)c1ccccc1S(=O)(=O)NC1CCCC1CN.Cl. The molecule has 1 fully saturated rings. The second-order valence-electron chi connectivity index (χ2n) is 5.14. The lowest BCUT2D eigenvalue weighted by Gasteiger charge is -2.20. The molecule has 6 nitrogen and oxygen atoms in total. The number of halogens is 1. The molecule has 0 aliphatic heterocycles. The molecular weight excluding hydrogens is 328 g/mol. The molecule has 2 atom stereocenters. The summed E-state index contributed by atoms with van der Waals surface area (Å²) < 4.78 is 32.4. The summed E-state index contributed by atoms with van der Waals surface area (Å²) in [5.74, 6) is -0.525. The highest BCUT2D eigenvalue weighted by molar-refractivity contribution is 7.89. The molecule has 124 valence electrons. The smallest absolute Gasteiger partial charge is 0.339 e. The molecule has 0 radical (unpaired) electrons. The van der Waals surface area contributed by atoms with Gasteiger partial charge in [-0.3, -0.25) is 0 Å². The Labute approximate surface area is 136 Å². The van der Waals surface area contributed by atoms with Crippen molar-refractivity contribution >= 4 is 28.4 Å². The molecule has 1 aromatic rings. The van der Waals surface area contributed by atoms with E-state index in [1.807, 2.05) is 0 Å². The third kappa shape index (κ3) is 3.98. The van der Waals surface area contributed by atoms with E-state index in [9.17, 15) is 13.2 Å². The first kappa shape index (κ1) is 18.9. The van der Waals surface area contributed by atoms with Gasteiger partial charge in [0.15, 0.2) is 0 Å². The molecule has 3 N–H and O–H groups in total. The predicted molar refractivity (Wildman–Crippen MR) is 85.5 cm³/mol. The Morgan fingerprint density at radius 2 is 2.05 bits per heavy atom. The monoisotopic (exact) mass is 348 g/mol. The Kier molecular flexibility index (Phi) is 6.80. The summed E-state index contributed by atoms with van der Waals surface area (Å²) in [6.07, 6.45) is 2.64. The Hall–Kier alpha value is -1.15. The summed E-state index contributed by atoms with van der Waals surface area (Å²) in [5.41, 5.74) is 5.71. The molecule has 0 heterocycles. The number of nitrogens with two attached hydrogens (primary N) is 1. The third-order valence-electron chi connectivity index (χ3n) is 3.85. The van der Waals surface area contributed by atoms with Gasteiger partial charge in [0, 0.05) is 6.04 Å². The number of esters is 1. The van der Waals surface area contributed by atoms with Crippen molar-refractivity contribution in [3.8, 4) is 0 Å². The van der Waals surface area contributed by atoms with Crippen molar-refractivity contribution in [2.24, 2.45) is 11.7 Å². The molecule has 1 saturated carbocycles. The molecular formula is C14H21ClN2O4S. The van der Waals surface area contributed by atoms with Crippen molar-refractivity contribution in [2.75, 3.05) is 13.7 Å². The maximum atomic E-state index is 12.5.